The third-order valence-corrected chi connectivity index (χ3v) is 6.41. The summed E-state index contributed by atoms with van der Waals surface area (Å²) in [6.07, 6.45) is 6.81. The molecule has 0 spiro atoms. The molecule has 1 saturated carbocycles. The summed E-state index contributed by atoms with van der Waals surface area (Å²) in [6.45, 7) is 6.14. The molecule has 1 fully saturated rings. The lowest BCUT2D eigenvalue weighted by Gasteiger charge is -2.12. The van der Waals surface area contributed by atoms with E-state index < -0.39 is 16.1 Å². The summed E-state index contributed by atoms with van der Waals surface area (Å²) < 4.78 is 38.1. The third kappa shape index (κ3) is 5.45. The number of fused-ring (bicyclic) bond motifs is 1. The maximum absolute atomic E-state index is 12.3. The van der Waals surface area contributed by atoms with Gasteiger partial charge in [-0.3, -0.25) is 9.48 Å². The monoisotopic (exact) mass is 471 g/mol. The zero-order valence-electron chi connectivity index (χ0n) is 19.2. The van der Waals surface area contributed by atoms with Gasteiger partial charge in [-0.15, -0.1) is 0 Å². The van der Waals surface area contributed by atoms with Crippen LogP contribution in [-0.2, 0) is 22.1 Å². The molecule has 0 unspecified atom stereocenters. The van der Waals surface area contributed by atoms with Gasteiger partial charge in [-0.25, -0.2) is 4.72 Å². The Morgan fingerprint density at radius 3 is 2.76 bits per heavy atom. The zero-order valence-corrected chi connectivity index (χ0v) is 20.0. The van der Waals surface area contributed by atoms with Crippen LogP contribution in [0, 0.1) is 12.8 Å². The van der Waals surface area contributed by atoms with E-state index in [2.05, 4.69) is 9.82 Å². The van der Waals surface area contributed by atoms with Crippen LogP contribution in [0.25, 0.3) is 22.8 Å². The highest BCUT2D eigenvalue weighted by atomic mass is 32.2. The summed E-state index contributed by atoms with van der Waals surface area (Å²) in [6, 6.07) is 7.89. The maximum Gasteiger partial charge on any atom is 0.301 e. The number of hydrogen-bond donors (Lipinski definition) is 2. The molecule has 2 N–H and O–H groups in total. The molecular formula is C23H29N5O4S. The maximum atomic E-state index is 12.3. The number of aromatic nitrogens is 3. The number of nitrogens with one attached hydrogen (secondary N) is 2. The Kier molecular flexibility index (Phi) is 6.31. The van der Waals surface area contributed by atoms with Crippen LogP contribution in [0.1, 0.15) is 37.9 Å². The van der Waals surface area contributed by atoms with Gasteiger partial charge in [0.2, 0.25) is 0 Å². The van der Waals surface area contributed by atoms with Gasteiger partial charge in [-0.05, 0) is 63.8 Å². The number of amides is 1. The topological polar surface area (TPSA) is 107 Å². The molecule has 0 atom stereocenters. The highest BCUT2D eigenvalue weighted by Crippen LogP contribution is 2.29. The highest BCUT2D eigenvalue weighted by molar-refractivity contribution is 7.88. The smallest absolute Gasteiger partial charge is 0.301 e. The molecule has 2 heterocycles. The molecule has 9 nitrogen and oxygen atoms in total. The first-order chi connectivity index (χ1) is 15.6. The van der Waals surface area contributed by atoms with Gasteiger partial charge in [0.1, 0.15) is 11.6 Å². The second-order valence-electron chi connectivity index (χ2n) is 8.61. The van der Waals surface area contributed by atoms with Gasteiger partial charge in [0.25, 0.3) is 5.91 Å². The lowest BCUT2D eigenvalue weighted by Crippen LogP contribution is -2.40. The Balaban J connectivity index is 1.61. The van der Waals surface area contributed by atoms with Crippen molar-refractivity contribution in [2.24, 2.45) is 13.0 Å². The van der Waals surface area contributed by atoms with E-state index in [0.29, 0.717) is 23.7 Å². The molecule has 0 saturated heterocycles. The molecule has 3 aromatic rings. The second-order valence-corrected chi connectivity index (χ2v) is 10.1. The van der Waals surface area contributed by atoms with Crippen molar-refractivity contribution >= 4 is 33.1 Å². The van der Waals surface area contributed by atoms with Crippen molar-refractivity contribution in [2.75, 3.05) is 6.54 Å². The van der Waals surface area contributed by atoms with Crippen LogP contribution in [0.3, 0.4) is 0 Å². The number of benzene rings is 1. The molecule has 176 valence electrons. The third-order valence-electron chi connectivity index (χ3n) is 5.40. The number of ether oxygens (including phenoxy) is 1. The highest BCUT2D eigenvalue weighted by Gasteiger charge is 2.24. The van der Waals surface area contributed by atoms with Gasteiger partial charge in [-0.1, -0.05) is 0 Å². The van der Waals surface area contributed by atoms with Crippen molar-refractivity contribution in [1.29, 1.82) is 0 Å². The summed E-state index contributed by atoms with van der Waals surface area (Å²) in [5.41, 5.74) is 2.36. The van der Waals surface area contributed by atoms with Gasteiger partial charge in [0.05, 0.1) is 17.3 Å². The minimum Gasteiger partial charge on any atom is -0.491 e. The summed E-state index contributed by atoms with van der Waals surface area (Å²) in [7, 11) is -2.06. The van der Waals surface area contributed by atoms with Gasteiger partial charge < -0.3 is 9.30 Å². The minimum absolute atomic E-state index is 0.0526. The summed E-state index contributed by atoms with van der Waals surface area (Å²) in [5.74, 6) is 1.16. The van der Waals surface area contributed by atoms with E-state index in [0.717, 1.165) is 35.3 Å². The van der Waals surface area contributed by atoms with Crippen molar-refractivity contribution in [3.8, 4) is 11.6 Å². The molecule has 0 aliphatic heterocycles. The zero-order chi connectivity index (χ0) is 23.8. The van der Waals surface area contributed by atoms with Crippen LogP contribution in [-0.4, -0.2) is 41.3 Å². The SMILES string of the molecule is Cc1nn(C)c(-n2ccc3ccc(OC(C)C)cc32)c1C=CC(=O)NS(=O)(=O)NCC1CC1. The van der Waals surface area contributed by atoms with Gasteiger partial charge >= 0.3 is 10.2 Å². The number of carbonyl (C=O) groups excluding carboxylic acids is 1. The van der Waals surface area contributed by atoms with Gasteiger partial charge in [-0.2, -0.15) is 18.2 Å². The molecule has 1 aliphatic carbocycles. The molecular weight excluding hydrogens is 442 g/mol. The number of nitrogens with zero attached hydrogens (tertiary/aromatic N) is 3. The van der Waals surface area contributed by atoms with E-state index in [9.17, 15) is 13.2 Å². The molecule has 1 aromatic carbocycles. The largest absolute Gasteiger partial charge is 0.491 e. The van der Waals surface area contributed by atoms with E-state index in [4.69, 9.17) is 4.74 Å². The van der Waals surface area contributed by atoms with E-state index in [1.807, 2.05) is 67.6 Å². The predicted octanol–water partition coefficient (Wildman–Crippen LogP) is 2.83. The van der Waals surface area contributed by atoms with E-state index in [1.54, 1.807) is 10.8 Å². The number of rotatable bonds is 9. The summed E-state index contributed by atoms with van der Waals surface area (Å²) >= 11 is 0. The van der Waals surface area contributed by atoms with Crippen LogP contribution in [0.4, 0.5) is 0 Å². The number of aryl methyl sites for hydroxylation is 2. The predicted molar refractivity (Wildman–Crippen MR) is 127 cm³/mol. The normalized spacial score (nSPS) is 14.5. The summed E-state index contributed by atoms with van der Waals surface area (Å²) in [5, 5.41) is 5.54. The molecule has 1 amide bonds. The van der Waals surface area contributed by atoms with E-state index in [-0.39, 0.29) is 6.10 Å². The molecule has 4 rings (SSSR count). The number of hydrogen-bond acceptors (Lipinski definition) is 5. The standard InChI is InChI=1S/C23H29N5O4S/c1-15(2)32-19-8-7-18-11-12-28(21(18)13-19)23-20(16(3)25-27(23)4)9-10-22(29)26-33(30,31)24-14-17-5-6-17/h7-13,15,17,24H,5-6,14H2,1-4H3,(H,26,29). The molecule has 33 heavy (non-hydrogen) atoms. The van der Waals surface area contributed by atoms with Crippen molar-refractivity contribution in [1.82, 2.24) is 23.8 Å². The molecule has 0 bridgehead atoms. The van der Waals surface area contributed by atoms with E-state index in [1.165, 1.54) is 6.08 Å². The van der Waals surface area contributed by atoms with Crippen LogP contribution in [0.2, 0.25) is 0 Å². The average molecular weight is 472 g/mol. The number of carbonyl (C=O) groups is 1. The Morgan fingerprint density at radius 2 is 2.06 bits per heavy atom. The fourth-order valence-corrected chi connectivity index (χ4v) is 4.55. The summed E-state index contributed by atoms with van der Waals surface area (Å²) in [4.78, 5) is 12.3. The van der Waals surface area contributed by atoms with E-state index >= 15 is 0 Å². The Morgan fingerprint density at radius 1 is 1.30 bits per heavy atom. The lowest BCUT2D eigenvalue weighted by atomic mass is 10.2. The molecule has 2 aromatic heterocycles. The molecule has 10 heteroatoms. The van der Waals surface area contributed by atoms with Crippen molar-refractivity contribution in [3.05, 3.63) is 47.8 Å². The minimum atomic E-state index is -3.88. The first kappa shape index (κ1) is 23.1. The van der Waals surface area contributed by atoms with Gasteiger partial charge in [0.15, 0.2) is 0 Å². The van der Waals surface area contributed by atoms with Crippen LogP contribution in [0.15, 0.2) is 36.5 Å². The first-order valence-electron chi connectivity index (χ1n) is 10.9. The van der Waals surface area contributed by atoms with Crippen LogP contribution in [0.5, 0.6) is 5.75 Å². The Labute approximate surface area is 193 Å². The molecule has 1 aliphatic rings. The fraction of sp³-hybridized carbons (Fsp3) is 0.391. The van der Waals surface area contributed by atoms with Crippen molar-refractivity contribution in [3.63, 3.8) is 0 Å². The van der Waals surface area contributed by atoms with Crippen molar-refractivity contribution < 1.29 is 17.9 Å². The molecule has 0 radical (unpaired) electrons. The lowest BCUT2D eigenvalue weighted by molar-refractivity contribution is -0.114. The quantitative estimate of drug-likeness (QED) is 0.467. The first-order valence-corrected chi connectivity index (χ1v) is 12.4. The van der Waals surface area contributed by atoms with Crippen LogP contribution >= 0.6 is 0 Å². The fourth-order valence-electron chi connectivity index (χ4n) is 3.69. The second kappa shape index (κ2) is 9.03. The van der Waals surface area contributed by atoms with Crippen molar-refractivity contribution in [2.45, 2.75) is 39.7 Å². The van der Waals surface area contributed by atoms with Gasteiger partial charge in [0, 0.05) is 42.9 Å². The van der Waals surface area contributed by atoms with Crippen LogP contribution < -0.4 is 14.2 Å². The Hall–Kier alpha value is -3.11. The Bertz CT molecular complexity index is 1320. The average Bonchev–Trinajstić information content (AvgIpc) is 3.41.